The smallest absolute Gasteiger partial charge is 0.0622 e. The molecule has 1 aliphatic rings. The van der Waals surface area contributed by atoms with Gasteiger partial charge in [0.2, 0.25) is 0 Å². The molecule has 0 fully saturated rings. The maximum absolute atomic E-state index is 8.34. The highest BCUT2D eigenvalue weighted by molar-refractivity contribution is 5.05. The van der Waals surface area contributed by atoms with Crippen LogP contribution in [0.4, 0.5) is 0 Å². The first-order valence-electron chi connectivity index (χ1n) is 5.69. The maximum Gasteiger partial charge on any atom is 0.0622 e. The monoisotopic (exact) mass is 192 g/mol. The summed E-state index contributed by atoms with van der Waals surface area (Å²) in [5, 5.41) is 11.7. The Morgan fingerprint density at radius 3 is 3.00 bits per heavy atom. The molecule has 2 nitrogen and oxygen atoms in total. The summed E-state index contributed by atoms with van der Waals surface area (Å²) in [4.78, 5) is 0. The van der Waals surface area contributed by atoms with Gasteiger partial charge in [-0.15, -0.1) is 0 Å². The minimum Gasteiger partial charge on any atom is -0.316 e. The molecule has 0 aliphatic heterocycles. The van der Waals surface area contributed by atoms with Gasteiger partial charge in [0, 0.05) is 6.42 Å². The zero-order valence-electron chi connectivity index (χ0n) is 8.89. The molecule has 0 aromatic rings. The van der Waals surface area contributed by atoms with E-state index in [0.717, 1.165) is 19.5 Å². The van der Waals surface area contributed by atoms with Crippen LogP contribution >= 0.6 is 0 Å². The van der Waals surface area contributed by atoms with Crippen molar-refractivity contribution in [2.75, 3.05) is 13.1 Å². The van der Waals surface area contributed by atoms with Crippen LogP contribution in [0.25, 0.3) is 0 Å². The molecule has 2 heteroatoms. The van der Waals surface area contributed by atoms with E-state index in [9.17, 15) is 0 Å². The fourth-order valence-electron chi connectivity index (χ4n) is 1.80. The van der Waals surface area contributed by atoms with Crippen molar-refractivity contribution < 1.29 is 0 Å². The van der Waals surface area contributed by atoms with E-state index in [1.165, 1.54) is 32.1 Å². The number of hydrogen-bond acceptors (Lipinski definition) is 2. The number of nitrogens with one attached hydrogen (secondary N) is 1. The van der Waals surface area contributed by atoms with Gasteiger partial charge in [0.15, 0.2) is 0 Å². The first-order chi connectivity index (χ1) is 6.93. The van der Waals surface area contributed by atoms with Crippen LogP contribution < -0.4 is 5.32 Å². The molecule has 0 amide bonds. The highest BCUT2D eigenvalue weighted by Crippen LogP contribution is 2.19. The predicted molar refractivity (Wildman–Crippen MR) is 58.9 cm³/mol. The van der Waals surface area contributed by atoms with Gasteiger partial charge in [0.25, 0.3) is 0 Å². The van der Waals surface area contributed by atoms with Gasteiger partial charge in [-0.25, -0.2) is 0 Å². The Balaban J connectivity index is 1.93. The average molecular weight is 192 g/mol. The van der Waals surface area contributed by atoms with Crippen molar-refractivity contribution in [2.24, 2.45) is 0 Å². The van der Waals surface area contributed by atoms with E-state index >= 15 is 0 Å². The number of nitrogens with zero attached hydrogens (tertiary/aromatic N) is 1. The van der Waals surface area contributed by atoms with Gasteiger partial charge in [-0.05, 0) is 51.6 Å². The average Bonchev–Trinajstić information content (AvgIpc) is 2.25. The largest absolute Gasteiger partial charge is 0.316 e. The summed E-state index contributed by atoms with van der Waals surface area (Å²) in [6, 6.07) is 2.16. The molecule has 1 aliphatic carbocycles. The van der Waals surface area contributed by atoms with Gasteiger partial charge < -0.3 is 5.32 Å². The van der Waals surface area contributed by atoms with Gasteiger partial charge in [-0.1, -0.05) is 11.6 Å². The van der Waals surface area contributed by atoms with Crippen molar-refractivity contribution in [3.8, 4) is 6.07 Å². The van der Waals surface area contributed by atoms with Crippen molar-refractivity contribution in [1.29, 1.82) is 5.26 Å². The molecule has 0 radical (unpaired) electrons. The molecule has 0 aromatic heterocycles. The fraction of sp³-hybridized carbons (Fsp3) is 0.750. The molecule has 1 N–H and O–H groups in total. The lowest BCUT2D eigenvalue weighted by molar-refractivity contribution is 0.620. The van der Waals surface area contributed by atoms with Crippen LogP contribution in [0.2, 0.25) is 0 Å². The Morgan fingerprint density at radius 2 is 2.29 bits per heavy atom. The maximum atomic E-state index is 8.34. The lowest BCUT2D eigenvalue weighted by atomic mass is 9.97. The van der Waals surface area contributed by atoms with Crippen LogP contribution in [-0.2, 0) is 0 Å². The molecule has 78 valence electrons. The molecule has 0 unspecified atom stereocenters. The molecule has 0 saturated carbocycles. The van der Waals surface area contributed by atoms with Crippen molar-refractivity contribution in [2.45, 2.75) is 44.9 Å². The van der Waals surface area contributed by atoms with Gasteiger partial charge >= 0.3 is 0 Å². The molecule has 0 heterocycles. The van der Waals surface area contributed by atoms with E-state index < -0.39 is 0 Å². The lowest BCUT2D eigenvalue weighted by Crippen LogP contribution is -2.17. The van der Waals surface area contributed by atoms with Crippen molar-refractivity contribution >= 4 is 0 Å². The standard InChI is InChI=1S/C12H20N2/c13-9-4-5-10-14-11-8-12-6-2-1-3-7-12/h6,14H,1-5,7-8,10-11H2. The van der Waals surface area contributed by atoms with Crippen LogP contribution in [0, 0.1) is 11.3 Å². The minimum absolute atomic E-state index is 0.676. The van der Waals surface area contributed by atoms with Gasteiger partial charge in [0.1, 0.15) is 0 Å². The topological polar surface area (TPSA) is 35.8 Å². The second-order valence-electron chi connectivity index (χ2n) is 3.87. The third kappa shape index (κ3) is 5.04. The molecule has 0 aromatic carbocycles. The first kappa shape index (κ1) is 11.3. The summed E-state index contributed by atoms with van der Waals surface area (Å²) in [7, 11) is 0. The highest BCUT2D eigenvalue weighted by Gasteiger charge is 2.02. The van der Waals surface area contributed by atoms with E-state index in [4.69, 9.17) is 5.26 Å². The van der Waals surface area contributed by atoms with Crippen LogP contribution in [0.15, 0.2) is 11.6 Å². The van der Waals surface area contributed by atoms with Crippen LogP contribution in [-0.4, -0.2) is 13.1 Å². The van der Waals surface area contributed by atoms with Crippen molar-refractivity contribution in [3.05, 3.63) is 11.6 Å². The fourth-order valence-corrected chi connectivity index (χ4v) is 1.80. The number of rotatable bonds is 6. The first-order valence-corrected chi connectivity index (χ1v) is 5.69. The Hall–Kier alpha value is -0.810. The van der Waals surface area contributed by atoms with Crippen molar-refractivity contribution in [3.63, 3.8) is 0 Å². The number of hydrogen-bond donors (Lipinski definition) is 1. The molecule has 0 spiro atoms. The molecule has 0 atom stereocenters. The minimum atomic E-state index is 0.676. The Kier molecular flexibility index (Phi) is 6.10. The summed E-state index contributed by atoms with van der Waals surface area (Å²) in [5.41, 5.74) is 1.63. The Labute approximate surface area is 87.0 Å². The van der Waals surface area contributed by atoms with Crippen LogP contribution in [0.1, 0.15) is 44.9 Å². The zero-order chi connectivity index (χ0) is 10.1. The van der Waals surface area contributed by atoms with E-state index in [0.29, 0.717) is 6.42 Å². The van der Waals surface area contributed by atoms with Gasteiger partial charge in [0.05, 0.1) is 6.07 Å². The lowest BCUT2D eigenvalue weighted by Gasteiger charge is -2.12. The summed E-state index contributed by atoms with van der Waals surface area (Å²) in [6.07, 6.45) is 10.6. The summed E-state index contributed by atoms with van der Waals surface area (Å²) in [6.45, 7) is 2.07. The molecular weight excluding hydrogens is 172 g/mol. The number of allylic oxidation sites excluding steroid dienone is 1. The molecule has 0 bridgehead atoms. The summed E-state index contributed by atoms with van der Waals surface area (Å²) < 4.78 is 0. The second kappa shape index (κ2) is 7.58. The third-order valence-corrected chi connectivity index (χ3v) is 2.65. The normalized spacial score (nSPS) is 16.1. The van der Waals surface area contributed by atoms with Crippen molar-refractivity contribution in [1.82, 2.24) is 5.32 Å². The van der Waals surface area contributed by atoms with E-state index in [1.807, 2.05) is 0 Å². The van der Waals surface area contributed by atoms with E-state index in [1.54, 1.807) is 5.57 Å². The SMILES string of the molecule is N#CCCCNCCC1=CCCCC1. The predicted octanol–water partition coefficient (Wildman–Crippen LogP) is 2.77. The van der Waals surface area contributed by atoms with E-state index in [2.05, 4.69) is 17.5 Å². The molecule has 0 saturated heterocycles. The quantitative estimate of drug-likeness (QED) is 0.519. The molecule has 14 heavy (non-hydrogen) atoms. The van der Waals surface area contributed by atoms with Gasteiger partial charge in [-0.3, -0.25) is 0 Å². The number of nitriles is 1. The van der Waals surface area contributed by atoms with Crippen LogP contribution in [0.5, 0.6) is 0 Å². The van der Waals surface area contributed by atoms with E-state index in [-0.39, 0.29) is 0 Å². The highest BCUT2D eigenvalue weighted by atomic mass is 14.8. The summed E-state index contributed by atoms with van der Waals surface area (Å²) >= 11 is 0. The molecular formula is C12H20N2. The van der Waals surface area contributed by atoms with Crippen LogP contribution in [0.3, 0.4) is 0 Å². The number of unbranched alkanes of at least 4 members (excludes halogenated alkanes) is 1. The zero-order valence-corrected chi connectivity index (χ0v) is 8.89. The Bertz CT molecular complexity index is 213. The summed E-state index contributed by atoms with van der Waals surface area (Å²) in [5.74, 6) is 0. The molecule has 1 rings (SSSR count). The second-order valence-corrected chi connectivity index (χ2v) is 3.87. The Morgan fingerprint density at radius 1 is 1.36 bits per heavy atom. The third-order valence-electron chi connectivity index (χ3n) is 2.65. The van der Waals surface area contributed by atoms with Gasteiger partial charge in [-0.2, -0.15) is 5.26 Å².